The van der Waals surface area contributed by atoms with Gasteiger partial charge in [0, 0.05) is 18.3 Å². The lowest BCUT2D eigenvalue weighted by Gasteiger charge is -2.19. The molecular weight excluding hydrogens is 476 g/mol. The lowest BCUT2D eigenvalue weighted by Crippen LogP contribution is -2.31. The van der Waals surface area contributed by atoms with Crippen molar-refractivity contribution in [3.8, 4) is 0 Å². The number of hydrogen-bond acceptors (Lipinski definition) is 8. The number of hydrogen-bond donors (Lipinski definition) is 2. The van der Waals surface area contributed by atoms with Gasteiger partial charge in [0.2, 0.25) is 15.7 Å². The van der Waals surface area contributed by atoms with Crippen LogP contribution in [0.3, 0.4) is 0 Å². The molecule has 2 amide bonds. The summed E-state index contributed by atoms with van der Waals surface area (Å²) in [5.74, 6) is -0.629. The SMILES string of the molecule is CC(=O)NCCS(=O)(=O)c1ccc(S(=O)(=O)c2ccc(CNC(=O)OC(C)(C)C)s2)cc1. The number of carbonyl (C=O) groups excluding carboxylic acids is 2. The molecule has 0 spiro atoms. The summed E-state index contributed by atoms with van der Waals surface area (Å²) < 4.78 is 55.6. The number of sulfone groups is 2. The first kappa shape index (κ1) is 25.8. The van der Waals surface area contributed by atoms with Crippen LogP contribution in [0.25, 0.3) is 0 Å². The second-order valence-corrected chi connectivity index (χ2v) is 13.3. The van der Waals surface area contributed by atoms with E-state index in [0.717, 1.165) is 11.3 Å². The molecule has 0 aliphatic heterocycles. The largest absolute Gasteiger partial charge is 0.444 e. The standard InChI is InChI=1S/C20H26N2O7S3/c1-14(23)21-11-12-31(25,26)16-6-8-17(9-7-16)32(27,28)18-10-5-15(30-18)13-22-19(24)29-20(2,3)4/h5-10H,11-13H2,1-4H3,(H,21,23)(H,22,24). The van der Waals surface area contributed by atoms with E-state index in [0.29, 0.717) is 4.88 Å². The Morgan fingerprint density at radius 1 is 0.938 bits per heavy atom. The van der Waals surface area contributed by atoms with Gasteiger partial charge in [0.15, 0.2) is 9.84 Å². The minimum absolute atomic E-state index is 0.0322. The maximum atomic E-state index is 12.9. The topological polar surface area (TPSA) is 136 Å². The minimum atomic E-state index is -3.85. The summed E-state index contributed by atoms with van der Waals surface area (Å²) in [5, 5.41) is 4.98. The number of ether oxygens (including phenoxy) is 1. The Balaban J connectivity index is 2.09. The summed E-state index contributed by atoms with van der Waals surface area (Å²) in [6, 6.07) is 7.96. The Labute approximate surface area is 192 Å². The molecule has 0 saturated carbocycles. The van der Waals surface area contributed by atoms with E-state index >= 15 is 0 Å². The van der Waals surface area contributed by atoms with Crippen LogP contribution >= 0.6 is 11.3 Å². The van der Waals surface area contributed by atoms with Crippen molar-refractivity contribution in [1.82, 2.24) is 10.6 Å². The van der Waals surface area contributed by atoms with Gasteiger partial charge in [-0.3, -0.25) is 4.79 Å². The normalized spacial score (nSPS) is 12.2. The van der Waals surface area contributed by atoms with E-state index in [4.69, 9.17) is 4.74 Å². The van der Waals surface area contributed by atoms with E-state index in [-0.39, 0.29) is 38.7 Å². The maximum absolute atomic E-state index is 12.9. The molecule has 0 bridgehead atoms. The van der Waals surface area contributed by atoms with Gasteiger partial charge >= 0.3 is 6.09 Å². The summed E-state index contributed by atoms with van der Waals surface area (Å²) in [6.07, 6.45) is -0.606. The molecule has 12 heteroatoms. The second kappa shape index (κ2) is 10.0. The van der Waals surface area contributed by atoms with Crippen LogP contribution < -0.4 is 10.6 Å². The number of amides is 2. The summed E-state index contributed by atoms with van der Waals surface area (Å²) in [7, 11) is -7.52. The van der Waals surface area contributed by atoms with Crippen LogP contribution in [-0.4, -0.2) is 46.7 Å². The quantitative estimate of drug-likeness (QED) is 0.566. The van der Waals surface area contributed by atoms with Gasteiger partial charge in [0.1, 0.15) is 9.81 Å². The van der Waals surface area contributed by atoms with Gasteiger partial charge in [-0.25, -0.2) is 21.6 Å². The molecule has 0 fully saturated rings. The Morgan fingerprint density at radius 3 is 2.09 bits per heavy atom. The average molecular weight is 503 g/mol. The first-order valence-corrected chi connectivity index (χ1v) is 13.5. The molecule has 176 valence electrons. The average Bonchev–Trinajstić information content (AvgIpc) is 3.14. The van der Waals surface area contributed by atoms with Crippen molar-refractivity contribution in [2.75, 3.05) is 12.3 Å². The number of nitrogens with one attached hydrogen (secondary N) is 2. The molecule has 9 nitrogen and oxygen atoms in total. The van der Waals surface area contributed by atoms with E-state index in [1.807, 2.05) is 0 Å². The van der Waals surface area contributed by atoms with Gasteiger partial charge in [-0.15, -0.1) is 11.3 Å². The predicted molar refractivity (Wildman–Crippen MR) is 120 cm³/mol. The van der Waals surface area contributed by atoms with Crippen molar-refractivity contribution in [2.24, 2.45) is 0 Å². The van der Waals surface area contributed by atoms with Crippen molar-refractivity contribution >= 4 is 43.0 Å². The van der Waals surface area contributed by atoms with Gasteiger partial charge in [0.25, 0.3) is 0 Å². The number of benzene rings is 1. The molecule has 1 aromatic carbocycles. The highest BCUT2D eigenvalue weighted by molar-refractivity contribution is 7.93. The fourth-order valence-electron chi connectivity index (χ4n) is 2.49. The van der Waals surface area contributed by atoms with E-state index in [1.165, 1.54) is 37.3 Å². The van der Waals surface area contributed by atoms with Gasteiger partial charge < -0.3 is 15.4 Å². The summed E-state index contributed by atoms with van der Waals surface area (Å²) in [4.78, 5) is 23.2. The Hall–Kier alpha value is -2.44. The molecule has 1 aromatic heterocycles. The van der Waals surface area contributed by atoms with E-state index in [9.17, 15) is 26.4 Å². The van der Waals surface area contributed by atoms with Gasteiger partial charge in [-0.1, -0.05) is 0 Å². The number of rotatable bonds is 8. The first-order valence-electron chi connectivity index (χ1n) is 9.59. The molecule has 0 aliphatic carbocycles. The van der Waals surface area contributed by atoms with Crippen LogP contribution in [0.4, 0.5) is 4.79 Å². The van der Waals surface area contributed by atoms with E-state index in [1.54, 1.807) is 26.8 Å². The van der Waals surface area contributed by atoms with Crippen LogP contribution in [0.15, 0.2) is 50.4 Å². The van der Waals surface area contributed by atoms with Crippen molar-refractivity contribution in [1.29, 1.82) is 0 Å². The molecule has 0 saturated heterocycles. The van der Waals surface area contributed by atoms with Crippen LogP contribution in [-0.2, 0) is 35.8 Å². The highest BCUT2D eigenvalue weighted by Crippen LogP contribution is 2.28. The fourth-order valence-corrected chi connectivity index (χ4v) is 6.35. The lowest BCUT2D eigenvalue weighted by molar-refractivity contribution is -0.118. The van der Waals surface area contributed by atoms with E-state index < -0.39 is 31.4 Å². The van der Waals surface area contributed by atoms with E-state index in [2.05, 4.69) is 10.6 Å². The zero-order chi connectivity index (χ0) is 24.2. The highest BCUT2D eigenvalue weighted by Gasteiger charge is 2.22. The van der Waals surface area contributed by atoms with Crippen LogP contribution in [0.5, 0.6) is 0 Å². The number of thiophene rings is 1. The monoisotopic (exact) mass is 502 g/mol. The van der Waals surface area contributed by atoms with Crippen LogP contribution in [0, 0.1) is 0 Å². The molecule has 2 aromatic rings. The number of alkyl carbamates (subject to hydrolysis) is 1. The highest BCUT2D eigenvalue weighted by atomic mass is 32.2. The Kier molecular flexibility index (Phi) is 8.07. The third-order valence-corrected chi connectivity index (χ3v) is 9.02. The smallest absolute Gasteiger partial charge is 0.407 e. The zero-order valence-electron chi connectivity index (χ0n) is 18.2. The third kappa shape index (κ3) is 7.31. The van der Waals surface area contributed by atoms with Crippen molar-refractivity contribution < 1.29 is 31.2 Å². The molecule has 0 atom stereocenters. The lowest BCUT2D eigenvalue weighted by atomic mass is 10.2. The molecule has 2 N–H and O–H groups in total. The predicted octanol–water partition coefficient (Wildman–Crippen LogP) is 2.52. The molecule has 32 heavy (non-hydrogen) atoms. The summed E-state index contributed by atoms with van der Waals surface area (Å²) in [5.41, 5.74) is -0.641. The van der Waals surface area contributed by atoms with Crippen molar-refractivity contribution in [2.45, 2.75) is 53.8 Å². The zero-order valence-corrected chi connectivity index (χ0v) is 20.6. The van der Waals surface area contributed by atoms with Gasteiger partial charge in [0.05, 0.1) is 22.1 Å². The molecule has 1 heterocycles. The van der Waals surface area contributed by atoms with Crippen molar-refractivity contribution in [3.05, 3.63) is 41.3 Å². The maximum Gasteiger partial charge on any atom is 0.407 e. The first-order chi connectivity index (χ1) is 14.7. The Morgan fingerprint density at radius 2 is 1.53 bits per heavy atom. The molecule has 0 aliphatic rings. The molecule has 2 rings (SSSR count). The van der Waals surface area contributed by atoms with Gasteiger partial charge in [-0.05, 0) is 57.2 Å². The molecule has 0 radical (unpaired) electrons. The Bertz CT molecular complexity index is 1180. The number of carbonyl (C=O) groups is 2. The molecule has 0 unspecified atom stereocenters. The summed E-state index contributed by atoms with van der Waals surface area (Å²) in [6.45, 7) is 6.58. The molecular formula is C20H26N2O7S3. The van der Waals surface area contributed by atoms with Crippen LogP contribution in [0.1, 0.15) is 32.6 Å². The second-order valence-electron chi connectivity index (χ2n) is 7.85. The minimum Gasteiger partial charge on any atom is -0.444 e. The van der Waals surface area contributed by atoms with Gasteiger partial charge in [-0.2, -0.15) is 0 Å². The third-order valence-electron chi connectivity index (χ3n) is 3.95. The van der Waals surface area contributed by atoms with Crippen molar-refractivity contribution in [3.63, 3.8) is 0 Å². The van der Waals surface area contributed by atoms with Crippen LogP contribution in [0.2, 0.25) is 0 Å². The summed E-state index contributed by atoms with van der Waals surface area (Å²) >= 11 is 1.00. The fraction of sp³-hybridized carbons (Fsp3) is 0.400.